The first-order chi connectivity index (χ1) is 19.3. The topological polar surface area (TPSA) is 56.5 Å². The van der Waals surface area contributed by atoms with Gasteiger partial charge in [-0.1, -0.05) is 54.6 Å². The molecule has 0 aliphatic carbocycles. The van der Waals surface area contributed by atoms with Crippen molar-refractivity contribution >= 4 is 43.7 Å². The molecule has 3 aromatic carbocycles. The van der Waals surface area contributed by atoms with Crippen LogP contribution in [0.4, 0.5) is 0 Å². The fourth-order valence-electron chi connectivity index (χ4n) is 5.45. The number of nitrogens with zero attached hydrogens (tertiary/aromatic N) is 5. The van der Waals surface area contributed by atoms with Crippen LogP contribution in [0.15, 0.2) is 128 Å². The Bertz CT molecular complexity index is 2180. The summed E-state index contributed by atoms with van der Waals surface area (Å²) in [5, 5.41) is 4.40. The van der Waals surface area contributed by atoms with E-state index < -0.39 is 0 Å². The van der Waals surface area contributed by atoms with Crippen LogP contribution >= 0.6 is 0 Å². The van der Waals surface area contributed by atoms with E-state index in [2.05, 4.69) is 88.4 Å². The van der Waals surface area contributed by atoms with Crippen molar-refractivity contribution in [2.75, 3.05) is 0 Å². The SMILES string of the molecule is c1ccc(-n2c3ccc(-c4cccc(-c5ccc6ccc7cccnc7c6n5)n4)cc3c3cccnc32)cc1. The molecule has 182 valence electrons. The number of aromatic nitrogens is 5. The highest BCUT2D eigenvalue weighted by molar-refractivity contribution is 6.09. The number of benzene rings is 3. The van der Waals surface area contributed by atoms with E-state index >= 15 is 0 Å². The van der Waals surface area contributed by atoms with Crippen molar-refractivity contribution in [3.05, 3.63) is 128 Å². The van der Waals surface area contributed by atoms with Crippen molar-refractivity contribution in [2.45, 2.75) is 0 Å². The maximum Gasteiger partial charge on any atom is 0.145 e. The van der Waals surface area contributed by atoms with E-state index in [1.54, 1.807) is 0 Å². The summed E-state index contributed by atoms with van der Waals surface area (Å²) in [6.07, 6.45) is 3.66. The Balaban J connectivity index is 1.28. The van der Waals surface area contributed by atoms with Gasteiger partial charge in [0.05, 0.1) is 33.6 Å². The van der Waals surface area contributed by atoms with Crippen molar-refractivity contribution in [1.29, 1.82) is 0 Å². The Hall–Kier alpha value is -5.42. The van der Waals surface area contributed by atoms with Gasteiger partial charge in [0.15, 0.2) is 0 Å². The molecule has 5 heteroatoms. The number of hydrogen-bond donors (Lipinski definition) is 0. The molecule has 0 amide bonds. The molecule has 0 N–H and O–H groups in total. The van der Waals surface area contributed by atoms with Gasteiger partial charge < -0.3 is 0 Å². The second-order valence-corrected chi connectivity index (χ2v) is 9.59. The highest BCUT2D eigenvalue weighted by atomic mass is 15.0. The van der Waals surface area contributed by atoms with Gasteiger partial charge in [-0.05, 0) is 60.7 Å². The quantitative estimate of drug-likeness (QED) is 0.231. The van der Waals surface area contributed by atoms with Crippen LogP contribution in [0.1, 0.15) is 0 Å². The fourth-order valence-corrected chi connectivity index (χ4v) is 5.45. The number of hydrogen-bond acceptors (Lipinski definition) is 4. The molecule has 8 rings (SSSR count). The molecule has 8 aromatic rings. The zero-order valence-corrected chi connectivity index (χ0v) is 20.9. The minimum absolute atomic E-state index is 0.827. The monoisotopic (exact) mass is 499 g/mol. The van der Waals surface area contributed by atoms with Gasteiger partial charge in [-0.2, -0.15) is 0 Å². The molecule has 0 unspecified atom stereocenters. The molecule has 0 saturated heterocycles. The summed E-state index contributed by atoms with van der Waals surface area (Å²) in [6.45, 7) is 0. The van der Waals surface area contributed by atoms with Gasteiger partial charge in [-0.15, -0.1) is 0 Å². The lowest BCUT2D eigenvalue weighted by Gasteiger charge is -2.08. The average molecular weight is 500 g/mol. The highest BCUT2D eigenvalue weighted by Gasteiger charge is 2.15. The Kier molecular flexibility index (Phi) is 4.76. The van der Waals surface area contributed by atoms with Crippen molar-refractivity contribution in [1.82, 2.24) is 24.5 Å². The molecule has 0 bridgehead atoms. The van der Waals surface area contributed by atoms with Crippen LogP contribution in [0.25, 0.3) is 72.1 Å². The summed E-state index contributed by atoms with van der Waals surface area (Å²) >= 11 is 0. The van der Waals surface area contributed by atoms with Gasteiger partial charge in [0.25, 0.3) is 0 Å². The van der Waals surface area contributed by atoms with E-state index in [-0.39, 0.29) is 0 Å². The van der Waals surface area contributed by atoms with Crippen LogP contribution in [-0.2, 0) is 0 Å². The van der Waals surface area contributed by atoms with Crippen molar-refractivity contribution in [2.24, 2.45) is 0 Å². The predicted molar refractivity (Wildman–Crippen MR) is 158 cm³/mol. The third kappa shape index (κ3) is 3.48. The normalized spacial score (nSPS) is 11.6. The van der Waals surface area contributed by atoms with E-state index in [0.29, 0.717) is 0 Å². The molecule has 5 nitrogen and oxygen atoms in total. The summed E-state index contributed by atoms with van der Waals surface area (Å²) in [5.41, 5.74) is 8.55. The van der Waals surface area contributed by atoms with Gasteiger partial charge in [0, 0.05) is 45.2 Å². The van der Waals surface area contributed by atoms with Crippen LogP contribution in [0, 0.1) is 0 Å². The smallest absolute Gasteiger partial charge is 0.145 e. The lowest BCUT2D eigenvalue weighted by molar-refractivity contribution is 1.14. The molecule has 0 atom stereocenters. The standard InChI is InChI=1S/C34H21N5/c1-2-8-25(9-3-1)39-31-18-16-24(21-27(31)26-10-6-20-36-34(26)39)28-11-4-12-29(37-28)30-17-15-23-14-13-22-7-5-19-35-32(22)33(23)38-30/h1-21H. The Morgan fingerprint density at radius 2 is 1.26 bits per heavy atom. The lowest BCUT2D eigenvalue weighted by atomic mass is 10.1. The molecule has 0 spiro atoms. The Morgan fingerprint density at radius 3 is 2.18 bits per heavy atom. The van der Waals surface area contributed by atoms with E-state index in [4.69, 9.17) is 15.0 Å². The van der Waals surface area contributed by atoms with Crippen molar-refractivity contribution in [3.63, 3.8) is 0 Å². The first kappa shape index (κ1) is 21.6. The van der Waals surface area contributed by atoms with Gasteiger partial charge in [-0.25, -0.2) is 15.0 Å². The van der Waals surface area contributed by atoms with E-state index in [1.807, 2.05) is 48.8 Å². The van der Waals surface area contributed by atoms with Crippen LogP contribution in [-0.4, -0.2) is 24.5 Å². The first-order valence-corrected chi connectivity index (χ1v) is 12.9. The van der Waals surface area contributed by atoms with Crippen LogP contribution in [0.2, 0.25) is 0 Å². The van der Waals surface area contributed by atoms with Crippen LogP contribution in [0.3, 0.4) is 0 Å². The molecular formula is C34H21N5. The number of fused-ring (bicyclic) bond motifs is 6. The molecule has 0 saturated carbocycles. The summed E-state index contributed by atoms with van der Waals surface area (Å²) in [5.74, 6) is 0. The average Bonchev–Trinajstić information content (AvgIpc) is 3.35. The summed E-state index contributed by atoms with van der Waals surface area (Å²) < 4.78 is 2.22. The van der Waals surface area contributed by atoms with Crippen LogP contribution < -0.4 is 0 Å². The lowest BCUT2D eigenvalue weighted by Crippen LogP contribution is -1.94. The molecule has 0 fully saturated rings. The summed E-state index contributed by atoms with van der Waals surface area (Å²) in [4.78, 5) is 19.4. The predicted octanol–water partition coefficient (Wildman–Crippen LogP) is 8.00. The van der Waals surface area contributed by atoms with Crippen LogP contribution in [0.5, 0.6) is 0 Å². The maximum atomic E-state index is 5.05. The number of rotatable bonds is 3. The molecule has 5 aromatic heterocycles. The third-order valence-electron chi connectivity index (χ3n) is 7.28. The zero-order valence-electron chi connectivity index (χ0n) is 20.9. The summed E-state index contributed by atoms with van der Waals surface area (Å²) in [7, 11) is 0. The molecule has 0 radical (unpaired) electrons. The highest BCUT2D eigenvalue weighted by Crippen LogP contribution is 2.34. The maximum absolute atomic E-state index is 5.05. The summed E-state index contributed by atoms with van der Waals surface area (Å²) in [6, 6.07) is 39.5. The van der Waals surface area contributed by atoms with E-state index in [1.165, 1.54) is 0 Å². The van der Waals surface area contributed by atoms with Gasteiger partial charge in [0.1, 0.15) is 5.65 Å². The Labute approximate surface area is 224 Å². The van der Waals surface area contributed by atoms with Gasteiger partial charge >= 0.3 is 0 Å². The second kappa shape index (κ2) is 8.57. The molecule has 0 aliphatic rings. The molecule has 5 heterocycles. The number of para-hydroxylation sites is 1. The minimum Gasteiger partial charge on any atom is -0.294 e. The fraction of sp³-hybridized carbons (Fsp3) is 0. The number of pyridine rings is 4. The largest absolute Gasteiger partial charge is 0.294 e. The van der Waals surface area contributed by atoms with E-state index in [0.717, 1.165) is 72.1 Å². The third-order valence-corrected chi connectivity index (χ3v) is 7.28. The van der Waals surface area contributed by atoms with Gasteiger partial charge in [-0.3, -0.25) is 9.55 Å². The zero-order chi connectivity index (χ0) is 25.8. The van der Waals surface area contributed by atoms with Gasteiger partial charge in [0.2, 0.25) is 0 Å². The Morgan fingerprint density at radius 1 is 0.487 bits per heavy atom. The molecular weight excluding hydrogens is 478 g/mol. The molecule has 0 aliphatic heterocycles. The van der Waals surface area contributed by atoms with Crippen molar-refractivity contribution in [3.8, 4) is 28.3 Å². The van der Waals surface area contributed by atoms with E-state index in [9.17, 15) is 0 Å². The minimum atomic E-state index is 0.827. The first-order valence-electron chi connectivity index (χ1n) is 12.9. The molecule has 39 heavy (non-hydrogen) atoms. The van der Waals surface area contributed by atoms with Crippen molar-refractivity contribution < 1.29 is 0 Å². The second-order valence-electron chi connectivity index (χ2n) is 9.59.